The largest absolute Gasteiger partial charge is 0.495 e. The molecule has 4 heteroatoms. The molecule has 0 spiro atoms. The quantitative estimate of drug-likeness (QED) is 0.923. The lowest BCUT2D eigenvalue weighted by Crippen LogP contribution is -2.63. The summed E-state index contributed by atoms with van der Waals surface area (Å²) in [5, 5.41) is 4.53. The van der Waals surface area contributed by atoms with Crippen LogP contribution in [0.4, 0.5) is 5.69 Å². The van der Waals surface area contributed by atoms with Crippen molar-refractivity contribution in [1.82, 2.24) is 5.32 Å². The average Bonchev–Trinajstić information content (AvgIpc) is 3.29. The first-order valence-electron chi connectivity index (χ1n) is 7.80. The lowest BCUT2D eigenvalue weighted by molar-refractivity contribution is 0.259. The third kappa shape index (κ3) is 2.74. The lowest BCUT2D eigenvalue weighted by Gasteiger charge is -2.47. The molecule has 3 nitrogen and oxygen atoms in total. The number of nitrogens with zero attached hydrogens (tertiary/aromatic N) is 1. The van der Waals surface area contributed by atoms with E-state index in [9.17, 15) is 0 Å². The fourth-order valence-corrected chi connectivity index (χ4v) is 3.56. The number of piperazine rings is 1. The van der Waals surface area contributed by atoms with Gasteiger partial charge in [-0.1, -0.05) is 11.6 Å². The topological polar surface area (TPSA) is 24.5 Å². The van der Waals surface area contributed by atoms with E-state index >= 15 is 0 Å². The zero-order chi connectivity index (χ0) is 15.2. The van der Waals surface area contributed by atoms with Gasteiger partial charge in [0.25, 0.3) is 0 Å². The Balaban J connectivity index is 1.95. The maximum absolute atomic E-state index is 6.25. The number of ether oxygens (including phenoxy) is 1. The number of rotatable bonds is 3. The summed E-state index contributed by atoms with van der Waals surface area (Å²) in [5.74, 6) is 1.68. The van der Waals surface area contributed by atoms with Gasteiger partial charge in [0.05, 0.1) is 12.8 Å². The van der Waals surface area contributed by atoms with Crippen molar-refractivity contribution < 1.29 is 4.74 Å². The highest BCUT2D eigenvalue weighted by atomic mass is 35.5. The molecule has 0 bridgehead atoms. The summed E-state index contributed by atoms with van der Waals surface area (Å²) in [7, 11) is 1.72. The SMILES string of the molecule is COc1cc(Cl)c(C)cc1N1CC(C)(C2CC2)NCC1C. The van der Waals surface area contributed by atoms with Crippen LogP contribution in [0.15, 0.2) is 12.1 Å². The summed E-state index contributed by atoms with van der Waals surface area (Å²) in [6, 6.07) is 4.55. The van der Waals surface area contributed by atoms with Crippen LogP contribution >= 0.6 is 11.6 Å². The Bertz CT molecular complexity index is 544. The van der Waals surface area contributed by atoms with Crippen LogP contribution in [-0.2, 0) is 0 Å². The van der Waals surface area contributed by atoms with E-state index in [1.54, 1.807) is 7.11 Å². The summed E-state index contributed by atoms with van der Waals surface area (Å²) in [5.41, 5.74) is 2.48. The summed E-state index contributed by atoms with van der Waals surface area (Å²) in [4.78, 5) is 2.48. The molecule has 0 radical (unpaired) electrons. The molecule has 1 aromatic rings. The molecule has 116 valence electrons. The van der Waals surface area contributed by atoms with Gasteiger partial charge in [-0.15, -0.1) is 0 Å². The fourth-order valence-electron chi connectivity index (χ4n) is 3.41. The molecule has 1 heterocycles. The Hall–Kier alpha value is -0.930. The van der Waals surface area contributed by atoms with Crippen LogP contribution in [0, 0.1) is 12.8 Å². The van der Waals surface area contributed by atoms with Crippen LogP contribution < -0.4 is 15.0 Å². The summed E-state index contributed by atoms with van der Waals surface area (Å²) < 4.78 is 5.58. The minimum absolute atomic E-state index is 0.213. The number of nitrogens with one attached hydrogen (secondary N) is 1. The Morgan fingerprint density at radius 2 is 2.10 bits per heavy atom. The molecule has 1 N–H and O–H groups in total. The Kier molecular flexibility index (Phi) is 3.83. The smallest absolute Gasteiger partial charge is 0.143 e. The summed E-state index contributed by atoms with van der Waals surface area (Å²) >= 11 is 6.25. The molecule has 1 aliphatic heterocycles. The van der Waals surface area contributed by atoms with Crippen molar-refractivity contribution in [3.05, 3.63) is 22.7 Å². The van der Waals surface area contributed by atoms with Crippen LogP contribution in [0.3, 0.4) is 0 Å². The van der Waals surface area contributed by atoms with Crippen LogP contribution in [-0.4, -0.2) is 31.8 Å². The fraction of sp³-hybridized carbons (Fsp3) is 0.647. The number of aryl methyl sites for hydroxylation is 1. The van der Waals surface area contributed by atoms with Crippen molar-refractivity contribution in [2.45, 2.75) is 45.2 Å². The third-order valence-electron chi connectivity index (χ3n) is 5.08. The molecular weight excluding hydrogens is 284 g/mol. The first kappa shape index (κ1) is 15.0. The van der Waals surface area contributed by atoms with E-state index in [1.165, 1.54) is 18.5 Å². The van der Waals surface area contributed by atoms with Gasteiger partial charge in [0, 0.05) is 35.8 Å². The van der Waals surface area contributed by atoms with E-state index in [0.29, 0.717) is 6.04 Å². The highest BCUT2D eigenvalue weighted by Gasteiger charge is 2.45. The normalized spacial score (nSPS) is 29.6. The highest BCUT2D eigenvalue weighted by molar-refractivity contribution is 6.31. The number of hydrogen-bond acceptors (Lipinski definition) is 3. The second-order valence-corrected chi connectivity index (χ2v) is 7.23. The van der Waals surface area contributed by atoms with E-state index in [-0.39, 0.29) is 5.54 Å². The summed E-state index contributed by atoms with van der Waals surface area (Å²) in [6.45, 7) is 8.72. The zero-order valence-electron chi connectivity index (χ0n) is 13.4. The van der Waals surface area contributed by atoms with Crippen LogP contribution in [0.5, 0.6) is 5.75 Å². The van der Waals surface area contributed by atoms with Gasteiger partial charge in [-0.2, -0.15) is 0 Å². The predicted molar refractivity (Wildman–Crippen MR) is 88.7 cm³/mol. The van der Waals surface area contributed by atoms with Crippen molar-refractivity contribution in [3.63, 3.8) is 0 Å². The Morgan fingerprint density at radius 1 is 1.38 bits per heavy atom. The van der Waals surface area contributed by atoms with E-state index in [2.05, 4.69) is 37.1 Å². The number of hydrogen-bond donors (Lipinski definition) is 1. The average molecular weight is 309 g/mol. The van der Waals surface area contributed by atoms with Crippen molar-refractivity contribution in [3.8, 4) is 5.75 Å². The zero-order valence-corrected chi connectivity index (χ0v) is 14.1. The van der Waals surface area contributed by atoms with Gasteiger partial charge in [0.2, 0.25) is 0 Å². The van der Waals surface area contributed by atoms with Crippen LogP contribution in [0.1, 0.15) is 32.3 Å². The lowest BCUT2D eigenvalue weighted by atomic mass is 9.90. The molecule has 0 aromatic heterocycles. The molecule has 3 rings (SSSR count). The second-order valence-electron chi connectivity index (χ2n) is 6.82. The van der Waals surface area contributed by atoms with Gasteiger partial charge in [-0.05, 0) is 51.2 Å². The minimum atomic E-state index is 0.213. The van der Waals surface area contributed by atoms with Gasteiger partial charge in [-0.25, -0.2) is 0 Å². The number of anilines is 1. The van der Waals surface area contributed by atoms with E-state index in [0.717, 1.165) is 35.3 Å². The molecule has 21 heavy (non-hydrogen) atoms. The van der Waals surface area contributed by atoms with Crippen molar-refractivity contribution in [2.24, 2.45) is 5.92 Å². The molecule has 1 saturated carbocycles. The van der Waals surface area contributed by atoms with Crippen LogP contribution in [0.25, 0.3) is 0 Å². The molecule has 0 amide bonds. The number of methoxy groups -OCH3 is 1. The molecule has 1 aliphatic carbocycles. The Morgan fingerprint density at radius 3 is 2.71 bits per heavy atom. The molecular formula is C17H25ClN2O. The van der Waals surface area contributed by atoms with Gasteiger partial charge < -0.3 is 15.0 Å². The molecule has 2 aliphatic rings. The maximum atomic E-state index is 6.25. The first-order chi connectivity index (χ1) is 9.94. The first-order valence-corrected chi connectivity index (χ1v) is 8.18. The van der Waals surface area contributed by atoms with Crippen molar-refractivity contribution in [2.75, 3.05) is 25.1 Å². The van der Waals surface area contributed by atoms with E-state index in [4.69, 9.17) is 16.3 Å². The molecule has 2 unspecified atom stereocenters. The minimum Gasteiger partial charge on any atom is -0.495 e. The van der Waals surface area contributed by atoms with Gasteiger partial charge in [0.15, 0.2) is 0 Å². The van der Waals surface area contributed by atoms with Gasteiger partial charge in [0.1, 0.15) is 5.75 Å². The van der Waals surface area contributed by atoms with Gasteiger partial charge in [-0.3, -0.25) is 0 Å². The van der Waals surface area contributed by atoms with Gasteiger partial charge >= 0.3 is 0 Å². The molecule has 2 fully saturated rings. The predicted octanol–water partition coefficient (Wildman–Crippen LogP) is 3.62. The van der Waals surface area contributed by atoms with E-state index in [1.807, 2.05) is 6.07 Å². The highest BCUT2D eigenvalue weighted by Crippen LogP contribution is 2.43. The molecule has 1 aromatic carbocycles. The third-order valence-corrected chi connectivity index (χ3v) is 5.49. The number of halogens is 1. The Labute approximate surface area is 132 Å². The molecule has 1 saturated heterocycles. The molecule has 2 atom stereocenters. The van der Waals surface area contributed by atoms with Crippen molar-refractivity contribution in [1.29, 1.82) is 0 Å². The van der Waals surface area contributed by atoms with E-state index < -0.39 is 0 Å². The monoisotopic (exact) mass is 308 g/mol. The number of benzene rings is 1. The van der Waals surface area contributed by atoms with Crippen LogP contribution in [0.2, 0.25) is 5.02 Å². The summed E-state index contributed by atoms with van der Waals surface area (Å²) in [6.07, 6.45) is 2.70. The maximum Gasteiger partial charge on any atom is 0.143 e. The standard InChI is InChI=1S/C17H25ClN2O/c1-11-7-15(16(21-4)8-14(11)18)20-10-17(3,13-5-6-13)19-9-12(20)2/h7-8,12-13,19H,5-6,9-10H2,1-4H3. The second kappa shape index (κ2) is 5.36. The van der Waals surface area contributed by atoms with Crippen molar-refractivity contribution >= 4 is 17.3 Å².